The summed E-state index contributed by atoms with van der Waals surface area (Å²) in [5, 5.41) is 0. The number of esters is 2. The lowest BCUT2D eigenvalue weighted by Crippen LogP contribution is -2.29. The van der Waals surface area contributed by atoms with Crippen LogP contribution >= 0.6 is 7.82 Å². The zero-order valence-corrected chi connectivity index (χ0v) is 35.4. The molecule has 314 valence electrons. The largest absolute Gasteiger partial charge is 0.472 e. The van der Waals surface area contributed by atoms with E-state index < -0.39 is 32.5 Å². The molecule has 0 amide bonds. The highest BCUT2D eigenvalue weighted by molar-refractivity contribution is 7.47. The highest BCUT2D eigenvalue weighted by Crippen LogP contribution is 2.43. The Morgan fingerprint density at radius 3 is 1.36 bits per heavy atom. The van der Waals surface area contributed by atoms with Gasteiger partial charge in [-0.05, 0) is 38.5 Å². The molecule has 0 aromatic heterocycles. The molecule has 0 rings (SSSR count). The molecule has 0 spiro atoms. The monoisotopic (exact) mass is 774 g/mol. The first kappa shape index (κ1) is 51.8. The Hall–Kier alpha value is -1.25. The van der Waals surface area contributed by atoms with E-state index in [9.17, 15) is 19.0 Å². The van der Waals surface area contributed by atoms with E-state index in [0.29, 0.717) is 12.8 Å². The zero-order chi connectivity index (χ0) is 38.9. The molecule has 0 saturated heterocycles. The molecule has 0 bridgehead atoms. The summed E-state index contributed by atoms with van der Waals surface area (Å²) in [7, 11) is -4.37. The molecule has 2 atom stereocenters. The van der Waals surface area contributed by atoms with Gasteiger partial charge in [0.2, 0.25) is 0 Å². The lowest BCUT2D eigenvalue weighted by atomic mass is 10.0. The van der Waals surface area contributed by atoms with Crippen LogP contribution in [-0.4, -0.2) is 49.3 Å². The fourth-order valence-corrected chi connectivity index (χ4v) is 7.10. The highest BCUT2D eigenvalue weighted by atomic mass is 31.2. The predicted octanol–water partition coefficient (Wildman–Crippen LogP) is 12.6. The van der Waals surface area contributed by atoms with Crippen LogP contribution in [0.1, 0.15) is 219 Å². The molecule has 0 saturated carbocycles. The Morgan fingerprint density at radius 2 is 0.925 bits per heavy atom. The summed E-state index contributed by atoms with van der Waals surface area (Å²) in [4.78, 5) is 34.8. The van der Waals surface area contributed by atoms with Crippen LogP contribution in [0.4, 0.5) is 0 Å². The SMILES string of the molecule is CCCCCCCC/C=C/CCCCCC(=O)OC[C@H](COP(=O)(O)OCCN)OC(=O)CCCCCCCCCCCCCCCCCCCCC. The number of unbranched alkanes of at least 4 members (excludes halogenated alkanes) is 27. The Balaban J connectivity index is 4.10. The predicted molar refractivity (Wildman–Crippen MR) is 220 cm³/mol. The third-order valence-electron chi connectivity index (χ3n) is 9.65. The van der Waals surface area contributed by atoms with Gasteiger partial charge in [0.15, 0.2) is 6.10 Å². The summed E-state index contributed by atoms with van der Waals surface area (Å²) in [6.07, 6.45) is 41.0. The Morgan fingerprint density at radius 1 is 0.547 bits per heavy atom. The van der Waals surface area contributed by atoms with E-state index in [2.05, 4.69) is 26.0 Å². The number of rotatable bonds is 42. The number of allylic oxidation sites excluding steroid dienone is 2. The van der Waals surface area contributed by atoms with E-state index in [-0.39, 0.29) is 32.6 Å². The second-order valence-corrected chi connectivity index (χ2v) is 16.4. The molecule has 0 aliphatic rings. The Labute approximate surface area is 326 Å². The van der Waals surface area contributed by atoms with Crippen molar-refractivity contribution in [2.45, 2.75) is 225 Å². The fourth-order valence-electron chi connectivity index (χ4n) is 6.34. The van der Waals surface area contributed by atoms with Gasteiger partial charge in [-0.25, -0.2) is 4.57 Å². The lowest BCUT2D eigenvalue weighted by Gasteiger charge is -2.19. The number of carbonyl (C=O) groups is 2. The standard InChI is InChI=1S/C43H84NO8P/c1-3-5-7-9-11-13-15-17-18-19-20-21-22-24-26-28-30-32-34-36-43(46)52-41(40-51-53(47,48)50-38-37-44)39-49-42(45)35-33-31-29-27-25-23-16-14-12-10-8-6-4-2/h23,25,41H,3-22,24,26-40,44H2,1-2H3,(H,47,48)/b25-23+/t41-/m1/s1. The van der Waals surface area contributed by atoms with Gasteiger partial charge in [-0.2, -0.15) is 0 Å². The maximum Gasteiger partial charge on any atom is 0.472 e. The summed E-state index contributed by atoms with van der Waals surface area (Å²) in [5.74, 6) is -0.836. The van der Waals surface area contributed by atoms with E-state index in [1.807, 2.05) is 0 Å². The van der Waals surface area contributed by atoms with Crippen LogP contribution in [0.15, 0.2) is 12.2 Å². The summed E-state index contributed by atoms with van der Waals surface area (Å²) in [6.45, 7) is 3.74. The first-order valence-electron chi connectivity index (χ1n) is 22.2. The van der Waals surface area contributed by atoms with E-state index in [0.717, 1.165) is 38.5 Å². The second kappa shape index (κ2) is 40.4. The normalized spacial score (nSPS) is 13.4. The number of hydrogen-bond acceptors (Lipinski definition) is 8. The van der Waals surface area contributed by atoms with E-state index >= 15 is 0 Å². The van der Waals surface area contributed by atoms with Gasteiger partial charge >= 0.3 is 19.8 Å². The van der Waals surface area contributed by atoms with Crippen molar-refractivity contribution >= 4 is 19.8 Å². The van der Waals surface area contributed by atoms with Crippen molar-refractivity contribution in [3.8, 4) is 0 Å². The number of carbonyl (C=O) groups excluding carboxylic acids is 2. The maximum absolute atomic E-state index is 12.6. The van der Waals surface area contributed by atoms with Gasteiger partial charge in [-0.1, -0.05) is 180 Å². The molecule has 0 aromatic rings. The second-order valence-electron chi connectivity index (χ2n) is 14.9. The van der Waals surface area contributed by atoms with E-state index in [4.69, 9.17) is 24.3 Å². The fraction of sp³-hybridized carbons (Fsp3) is 0.907. The van der Waals surface area contributed by atoms with Crippen LogP contribution in [0.2, 0.25) is 0 Å². The van der Waals surface area contributed by atoms with Gasteiger partial charge in [-0.3, -0.25) is 18.6 Å². The third kappa shape index (κ3) is 40.2. The van der Waals surface area contributed by atoms with Crippen LogP contribution < -0.4 is 5.73 Å². The molecule has 0 aliphatic heterocycles. The Bertz CT molecular complexity index is 886. The average molecular weight is 774 g/mol. The van der Waals surface area contributed by atoms with Crippen LogP contribution in [0.3, 0.4) is 0 Å². The van der Waals surface area contributed by atoms with E-state index in [1.165, 1.54) is 141 Å². The average Bonchev–Trinajstić information content (AvgIpc) is 3.14. The summed E-state index contributed by atoms with van der Waals surface area (Å²) >= 11 is 0. The molecule has 0 fully saturated rings. The molecule has 1 unspecified atom stereocenters. The number of ether oxygens (including phenoxy) is 2. The first-order chi connectivity index (χ1) is 25.8. The van der Waals surface area contributed by atoms with Crippen molar-refractivity contribution in [3.05, 3.63) is 12.2 Å². The van der Waals surface area contributed by atoms with Crippen LogP contribution in [0.25, 0.3) is 0 Å². The maximum atomic E-state index is 12.6. The van der Waals surface area contributed by atoms with Crippen LogP contribution in [-0.2, 0) is 32.7 Å². The summed E-state index contributed by atoms with van der Waals surface area (Å²) in [6, 6.07) is 0. The van der Waals surface area contributed by atoms with Gasteiger partial charge in [-0.15, -0.1) is 0 Å². The molecule has 0 aliphatic carbocycles. The van der Waals surface area contributed by atoms with Crippen molar-refractivity contribution in [2.75, 3.05) is 26.4 Å². The van der Waals surface area contributed by atoms with E-state index in [1.54, 1.807) is 0 Å². The van der Waals surface area contributed by atoms with Gasteiger partial charge in [0.1, 0.15) is 6.61 Å². The Kier molecular flexibility index (Phi) is 39.5. The third-order valence-corrected chi connectivity index (χ3v) is 10.6. The minimum Gasteiger partial charge on any atom is -0.462 e. The first-order valence-corrected chi connectivity index (χ1v) is 23.7. The van der Waals surface area contributed by atoms with Crippen molar-refractivity contribution in [3.63, 3.8) is 0 Å². The highest BCUT2D eigenvalue weighted by Gasteiger charge is 2.26. The topological polar surface area (TPSA) is 134 Å². The van der Waals surface area contributed by atoms with Gasteiger partial charge in [0.25, 0.3) is 0 Å². The zero-order valence-electron chi connectivity index (χ0n) is 34.5. The van der Waals surface area contributed by atoms with Crippen LogP contribution in [0, 0.1) is 0 Å². The molecular weight excluding hydrogens is 689 g/mol. The van der Waals surface area contributed by atoms with Crippen molar-refractivity contribution in [1.82, 2.24) is 0 Å². The van der Waals surface area contributed by atoms with Gasteiger partial charge in [0, 0.05) is 19.4 Å². The van der Waals surface area contributed by atoms with Gasteiger partial charge < -0.3 is 20.1 Å². The minimum atomic E-state index is -4.37. The van der Waals surface area contributed by atoms with Crippen molar-refractivity contribution in [2.24, 2.45) is 5.73 Å². The number of phosphoric acid groups is 1. The van der Waals surface area contributed by atoms with Gasteiger partial charge in [0.05, 0.1) is 13.2 Å². The molecule has 0 aromatic carbocycles. The smallest absolute Gasteiger partial charge is 0.462 e. The van der Waals surface area contributed by atoms with Crippen LogP contribution in [0.5, 0.6) is 0 Å². The lowest BCUT2D eigenvalue weighted by molar-refractivity contribution is -0.161. The minimum absolute atomic E-state index is 0.0544. The number of nitrogens with two attached hydrogens (primary N) is 1. The molecular formula is C43H84NO8P. The van der Waals surface area contributed by atoms with Crippen molar-refractivity contribution in [1.29, 1.82) is 0 Å². The quantitative estimate of drug-likeness (QED) is 0.0269. The van der Waals surface area contributed by atoms with Crippen molar-refractivity contribution < 1.29 is 37.6 Å². The molecule has 3 N–H and O–H groups in total. The summed E-state index contributed by atoms with van der Waals surface area (Å²) < 4.78 is 32.8. The molecule has 9 nitrogen and oxygen atoms in total. The molecule has 0 radical (unpaired) electrons. The number of phosphoric ester groups is 1. The summed E-state index contributed by atoms with van der Waals surface area (Å²) in [5.41, 5.74) is 5.35. The number of hydrogen-bond donors (Lipinski definition) is 2. The molecule has 10 heteroatoms. The molecule has 0 heterocycles. The molecule has 53 heavy (non-hydrogen) atoms.